The minimum absolute atomic E-state index is 0.271. The average Bonchev–Trinajstić information content (AvgIpc) is 3.04. The molecule has 2 heterocycles. The molecule has 0 radical (unpaired) electrons. The number of nitrogens with one attached hydrogen (secondary N) is 1. The number of methoxy groups -OCH3 is 1. The van der Waals surface area contributed by atoms with Crippen LogP contribution in [0.3, 0.4) is 0 Å². The molecule has 2 aromatic rings. The largest absolute Gasteiger partial charge is 0.465 e. The highest BCUT2D eigenvalue weighted by Crippen LogP contribution is 2.39. The molecule has 0 spiro atoms. The zero-order valence-corrected chi connectivity index (χ0v) is 17.3. The van der Waals surface area contributed by atoms with Gasteiger partial charge in [-0.25, -0.2) is 4.79 Å². The molecule has 1 aromatic heterocycles. The van der Waals surface area contributed by atoms with Crippen LogP contribution in [0.2, 0.25) is 0 Å². The molecule has 0 saturated carbocycles. The van der Waals surface area contributed by atoms with Crippen LogP contribution in [0.5, 0.6) is 0 Å². The number of benzene rings is 1. The van der Waals surface area contributed by atoms with Crippen LogP contribution in [0, 0.1) is 0 Å². The summed E-state index contributed by atoms with van der Waals surface area (Å²) in [5, 5.41) is 4.88. The van der Waals surface area contributed by atoms with Crippen LogP contribution < -0.4 is 10.2 Å². The van der Waals surface area contributed by atoms with E-state index >= 15 is 0 Å². The molecule has 1 aliphatic heterocycles. The second-order valence-electron chi connectivity index (χ2n) is 7.22. The van der Waals surface area contributed by atoms with Gasteiger partial charge in [0.25, 0.3) is 0 Å². The Kier molecular flexibility index (Phi) is 5.19. The summed E-state index contributed by atoms with van der Waals surface area (Å²) < 4.78 is 5.08. The molecule has 142 valence electrons. The standard InChI is InChI=1S/C21H24N2O2S2/c1-13-11-12-14-7-3-5-9-16(14)23(13)21(26)22-19-18(20(24)25-2)15-8-4-6-10-17(15)27-19/h3,5,7,9,13H,4,6,8,10-12H2,1-2H3,(H,22,26)/t13-/m0/s1. The van der Waals surface area contributed by atoms with E-state index in [0.29, 0.717) is 16.7 Å². The minimum Gasteiger partial charge on any atom is -0.465 e. The van der Waals surface area contributed by atoms with E-state index in [1.165, 1.54) is 24.0 Å². The summed E-state index contributed by atoms with van der Waals surface area (Å²) in [6, 6.07) is 8.74. The Morgan fingerprint density at radius 1 is 1.26 bits per heavy atom. The average molecular weight is 401 g/mol. The highest BCUT2D eigenvalue weighted by Gasteiger charge is 2.30. The molecule has 1 aliphatic carbocycles. The molecule has 1 N–H and O–H groups in total. The van der Waals surface area contributed by atoms with Gasteiger partial charge in [0, 0.05) is 16.6 Å². The predicted octanol–water partition coefficient (Wildman–Crippen LogP) is 4.95. The van der Waals surface area contributed by atoms with Gasteiger partial charge in [-0.2, -0.15) is 0 Å². The highest BCUT2D eigenvalue weighted by atomic mass is 32.1. The molecule has 0 unspecified atom stereocenters. The molecule has 0 amide bonds. The van der Waals surface area contributed by atoms with Crippen LogP contribution in [-0.2, 0) is 24.0 Å². The van der Waals surface area contributed by atoms with Crippen molar-refractivity contribution in [2.24, 2.45) is 0 Å². The third-order valence-corrected chi connectivity index (χ3v) is 7.03. The number of nitrogens with zero attached hydrogens (tertiary/aromatic N) is 1. The van der Waals surface area contributed by atoms with Gasteiger partial charge in [-0.15, -0.1) is 11.3 Å². The fourth-order valence-corrected chi connectivity index (χ4v) is 5.85. The van der Waals surface area contributed by atoms with Crippen molar-refractivity contribution in [3.05, 3.63) is 45.8 Å². The van der Waals surface area contributed by atoms with Crippen LogP contribution in [0.15, 0.2) is 24.3 Å². The number of para-hydroxylation sites is 1. The quantitative estimate of drug-likeness (QED) is 0.570. The SMILES string of the molecule is COC(=O)c1c(NC(=S)N2c3ccccc3CC[C@@H]2C)sc2c1CCCC2. The summed E-state index contributed by atoms with van der Waals surface area (Å²) in [7, 11) is 1.44. The van der Waals surface area contributed by atoms with Gasteiger partial charge in [-0.05, 0) is 74.9 Å². The first kappa shape index (κ1) is 18.4. The van der Waals surface area contributed by atoms with Gasteiger partial charge in [0.15, 0.2) is 5.11 Å². The predicted molar refractivity (Wildman–Crippen MR) is 115 cm³/mol. The summed E-state index contributed by atoms with van der Waals surface area (Å²) in [6.07, 6.45) is 6.39. The fourth-order valence-electron chi connectivity index (χ4n) is 4.13. The second-order valence-corrected chi connectivity index (χ2v) is 8.72. The molecule has 0 saturated heterocycles. The first-order valence-electron chi connectivity index (χ1n) is 9.51. The van der Waals surface area contributed by atoms with Crippen molar-refractivity contribution in [1.29, 1.82) is 0 Å². The molecule has 1 aromatic carbocycles. The maximum Gasteiger partial charge on any atom is 0.341 e. The molecule has 2 aliphatic rings. The number of hydrogen-bond acceptors (Lipinski definition) is 4. The van der Waals surface area contributed by atoms with Crippen LogP contribution in [0.1, 0.15) is 52.5 Å². The number of carbonyl (C=O) groups is 1. The number of esters is 1. The lowest BCUT2D eigenvalue weighted by atomic mass is 9.95. The normalized spacial score (nSPS) is 18.4. The molecular weight excluding hydrogens is 376 g/mol. The molecule has 1 atom stereocenters. The Morgan fingerprint density at radius 2 is 2.04 bits per heavy atom. The summed E-state index contributed by atoms with van der Waals surface area (Å²) in [6.45, 7) is 2.20. The minimum atomic E-state index is -0.271. The molecule has 0 fully saturated rings. The number of fused-ring (bicyclic) bond motifs is 2. The van der Waals surface area contributed by atoms with Crippen molar-refractivity contribution >= 4 is 45.3 Å². The third-order valence-electron chi connectivity index (χ3n) is 5.52. The molecule has 4 rings (SSSR count). The Hall–Kier alpha value is -1.92. The van der Waals surface area contributed by atoms with E-state index in [4.69, 9.17) is 17.0 Å². The lowest BCUT2D eigenvalue weighted by molar-refractivity contribution is 0.0601. The lowest BCUT2D eigenvalue weighted by Crippen LogP contribution is -2.44. The van der Waals surface area contributed by atoms with Crippen molar-refractivity contribution in [3.8, 4) is 0 Å². The van der Waals surface area contributed by atoms with E-state index in [9.17, 15) is 4.79 Å². The Balaban J connectivity index is 1.68. The van der Waals surface area contributed by atoms with Gasteiger partial charge < -0.3 is 15.0 Å². The van der Waals surface area contributed by atoms with Crippen molar-refractivity contribution < 1.29 is 9.53 Å². The van der Waals surface area contributed by atoms with Crippen molar-refractivity contribution in [1.82, 2.24) is 0 Å². The topological polar surface area (TPSA) is 41.6 Å². The maximum atomic E-state index is 12.5. The van der Waals surface area contributed by atoms with E-state index in [0.717, 1.165) is 48.4 Å². The Bertz CT molecular complexity index is 890. The second kappa shape index (κ2) is 7.60. The fraction of sp³-hybridized carbons (Fsp3) is 0.429. The Labute approximate surface area is 169 Å². The van der Waals surface area contributed by atoms with Crippen LogP contribution in [0.25, 0.3) is 0 Å². The van der Waals surface area contributed by atoms with Gasteiger partial charge in [-0.1, -0.05) is 18.2 Å². The number of rotatable bonds is 2. The van der Waals surface area contributed by atoms with E-state index in [-0.39, 0.29) is 5.97 Å². The molecular formula is C21H24N2O2S2. The van der Waals surface area contributed by atoms with Crippen LogP contribution >= 0.6 is 23.6 Å². The number of aryl methyl sites for hydroxylation is 2. The van der Waals surface area contributed by atoms with Crippen LogP contribution in [0.4, 0.5) is 10.7 Å². The number of ether oxygens (including phenoxy) is 1. The first-order valence-corrected chi connectivity index (χ1v) is 10.7. The summed E-state index contributed by atoms with van der Waals surface area (Å²) in [4.78, 5) is 16.0. The first-order chi connectivity index (χ1) is 13.1. The summed E-state index contributed by atoms with van der Waals surface area (Å²) in [5.41, 5.74) is 4.31. The summed E-state index contributed by atoms with van der Waals surface area (Å²) >= 11 is 7.46. The van der Waals surface area contributed by atoms with Crippen molar-refractivity contribution in [2.75, 3.05) is 17.3 Å². The van der Waals surface area contributed by atoms with E-state index in [1.54, 1.807) is 11.3 Å². The van der Waals surface area contributed by atoms with Crippen LogP contribution in [-0.4, -0.2) is 24.2 Å². The smallest absolute Gasteiger partial charge is 0.341 e. The van der Waals surface area contributed by atoms with Crippen molar-refractivity contribution in [2.45, 2.75) is 51.5 Å². The monoisotopic (exact) mass is 400 g/mol. The van der Waals surface area contributed by atoms with E-state index < -0.39 is 0 Å². The van der Waals surface area contributed by atoms with E-state index in [1.807, 2.05) is 0 Å². The molecule has 4 nitrogen and oxygen atoms in total. The molecule has 27 heavy (non-hydrogen) atoms. The third kappa shape index (κ3) is 3.36. The van der Waals surface area contributed by atoms with Gasteiger partial charge in [0.2, 0.25) is 0 Å². The van der Waals surface area contributed by atoms with E-state index in [2.05, 4.69) is 41.4 Å². The van der Waals surface area contributed by atoms with Gasteiger partial charge >= 0.3 is 5.97 Å². The molecule has 0 bridgehead atoms. The number of hydrogen-bond donors (Lipinski definition) is 1. The lowest BCUT2D eigenvalue weighted by Gasteiger charge is -2.37. The number of carbonyl (C=O) groups excluding carboxylic acids is 1. The maximum absolute atomic E-state index is 12.5. The summed E-state index contributed by atoms with van der Waals surface area (Å²) in [5.74, 6) is -0.271. The number of anilines is 2. The zero-order valence-electron chi connectivity index (χ0n) is 15.7. The highest BCUT2D eigenvalue weighted by molar-refractivity contribution is 7.80. The number of thiophene rings is 1. The Morgan fingerprint density at radius 3 is 2.85 bits per heavy atom. The van der Waals surface area contributed by atoms with Gasteiger partial charge in [-0.3, -0.25) is 0 Å². The van der Waals surface area contributed by atoms with Gasteiger partial charge in [0.1, 0.15) is 5.00 Å². The number of thiocarbonyl (C=S) groups is 1. The molecule has 6 heteroatoms. The zero-order chi connectivity index (χ0) is 19.0. The van der Waals surface area contributed by atoms with Gasteiger partial charge in [0.05, 0.1) is 12.7 Å². The van der Waals surface area contributed by atoms with Crippen molar-refractivity contribution in [3.63, 3.8) is 0 Å².